The third kappa shape index (κ3) is 4.57. The summed E-state index contributed by atoms with van der Waals surface area (Å²) in [6.07, 6.45) is 0. The quantitative estimate of drug-likeness (QED) is 0.773. The first-order chi connectivity index (χ1) is 12.8. The lowest BCUT2D eigenvalue weighted by Crippen LogP contribution is -2.53. The molecule has 2 heterocycles. The molecule has 146 valence electrons. The van der Waals surface area contributed by atoms with Crippen LogP contribution in [0.5, 0.6) is 0 Å². The van der Waals surface area contributed by atoms with Gasteiger partial charge in [-0.3, -0.25) is 0 Å². The smallest absolute Gasteiger partial charge is 0.317 e. The first-order valence-corrected chi connectivity index (χ1v) is 11.4. The minimum atomic E-state index is -3.57. The van der Waals surface area contributed by atoms with Gasteiger partial charge < -0.3 is 10.2 Å². The maximum atomic E-state index is 12.6. The number of nitrogens with zero attached hydrogens (tertiary/aromatic N) is 2. The van der Waals surface area contributed by atoms with Crippen molar-refractivity contribution in [2.24, 2.45) is 0 Å². The Kier molecular flexibility index (Phi) is 6.32. The Labute approximate surface area is 172 Å². The number of thiophene rings is 1. The van der Waals surface area contributed by atoms with E-state index >= 15 is 0 Å². The van der Waals surface area contributed by atoms with Gasteiger partial charge in [-0.25, -0.2) is 13.2 Å². The number of carbonyl (C=O) groups excluding carboxylic acids is 1. The summed E-state index contributed by atoms with van der Waals surface area (Å²) >= 11 is 13.0. The Balaban J connectivity index is 1.59. The van der Waals surface area contributed by atoms with Gasteiger partial charge in [0.25, 0.3) is 10.0 Å². The zero-order valence-electron chi connectivity index (χ0n) is 14.6. The molecule has 1 aliphatic heterocycles. The van der Waals surface area contributed by atoms with E-state index in [0.29, 0.717) is 22.4 Å². The number of piperazine rings is 1. The van der Waals surface area contributed by atoms with Gasteiger partial charge in [-0.2, -0.15) is 4.31 Å². The van der Waals surface area contributed by atoms with Crippen molar-refractivity contribution in [3.63, 3.8) is 0 Å². The molecule has 2 aromatic rings. The predicted octanol–water partition coefficient (Wildman–Crippen LogP) is 3.83. The highest BCUT2D eigenvalue weighted by molar-refractivity contribution is 7.91. The summed E-state index contributed by atoms with van der Waals surface area (Å²) in [6, 6.07) is 9.93. The molecule has 1 saturated heterocycles. The Morgan fingerprint density at radius 3 is 2.37 bits per heavy atom. The maximum absolute atomic E-state index is 12.6. The summed E-state index contributed by atoms with van der Waals surface area (Å²) in [5.41, 5.74) is 0.836. The third-order valence-electron chi connectivity index (χ3n) is 4.38. The molecule has 10 heteroatoms. The van der Waals surface area contributed by atoms with Crippen molar-refractivity contribution in [1.82, 2.24) is 14.5 Å². The molecule has 1 aliphatic rings. The predicted molar refractivity (Wildman–Crippen MR) is 108 cm³/mol. The highest BCUT2D eigenvalue weighted by Crippen LogP contribution is 2.28. The van der Waals surface area contributed by atoms with E-state index in [1.54, 1.807) is 17.0 Å². The van der Waals surface area contributed by atoms with Crippen LogP contribution in [0.1, 0.15) is 18.5 Å². The first kappa shape index (κ1) is 20.4. The molecule has 0 radical (unpaired) electrons. The van der Waals surface area contributed by atoms with Gasteiger partial charge in [0.15, 0.2) is 0 Å². The zero-order valence-corrected chi connectivity index (χ0v) is 17.7. The van der Waals surface area contributed by atoms with Gasteiger partial charge in [0.2, 0.25) is 0 Å². The normalized spacial score (nSPS) is 16.9. The summed E-state index contributed by atoms with van der Waals surface area (Å²) in [4.78, 5) is 14.1. The molecule has 6 nitrogen and oxygen atoms in total. The van der Waals surface area contributed by atoms with E-state index in [2.05, 4.69) is 5.32 Å². The molecule has 0 spiro atoms. The number of benzene rings is 1. The van der Waals surface area contributed by atoms with Crippen molar-refractivity contribution in [2.75, 3.05) is 26.2 Å². The summed E-state index contributed by atoms with van der Waals surface area (Å²) in [5.74, 6) is 0. The molecule has 2 amide bonds. The summed E-state index contributed by atoms with van der Waals surface area (Å²) in [5, 5.41) is 3.51. The van der Waals surface area contributed by atoms with Crippen LogP contribution in [0.3, 0.4) is 0 Å². The lowest BCUT2D eigenvalue weighted by molar-refractivity contribution is 0.169. The molecule has 27 heavy (non-hydrogen) atoms. The highest BCUT2D eigenvalue weighted by Gasteiger charge is 2.31. The Bertz CT molecular complexity index is 925. The molecule has 1 N–H and O–H groups in total. The molecule has 0 bridgehead atoms. The van der Waals surface area contributed by atoms with Crippen LogP contribution in [-0.2, 0) is 10.0 Å². The van der Waals surface area contributed by atoms with Gasteiger partial charge in [0, 0.05) is 31.2 Å². The third-order valence-corrected chi connectivity index (χ3v) is 8.32. The number of nitrogens with one attached hydrogen (secondary N) is 1. The van der Waals surface area contributed by atoms with Gasteiger partial charge in [0.05, 0.1) is 10.4 Å². The molecule has 1 aromatic heterocycles. The lowest BCUT2D eigenvalue weighted by atomic mass is 10.1. The average molecular weight is 448 g/mol. The van der Waals surface area contributed by atoms with E-state index in [9.17, 15) is 13.2 Å². The second-order valence-corrected chi connectivity index (χ2v) is 10.4. The standard InChI is InChI=1S/C17H19Cl2N3O3S2/c1-12(13-4-2-3-5-14(13)18)20-17(23)21-8-10-22(11-9-21)27(24,25)16-7-6-15(19)26-16/h2-7,12H,8-11H2,1H3,(H,20,23)/t12-/m0/s1. The molecule has 1 atom stereocenters. The minimum Gasteiger partial charge on any atom is -0.331 e. The van der Waals surface area contributed by atoms with Gasteiger partial charge in [-0.1, -0.05) is 41.4 Å². The van der Waals surface area contributed by atoms with Gasteiger partial charge in [-0.15, -0.1) is 11.3 Å². The van der Waals surface area contributed by atoms with Gasteiger partial charge >= 0.3 is 6.03 Å². The Hall–Kier alpha value is -1.32. The summed E-state index contributed by atoms with van der Waals surface area (Å²) in [7, 11) is -3.57. The van der Waals surface area contributed by atoms with E-state index in [1.165, 1.54) is 10.4 Å². The van der Waals surface area contributed by atoms with E-state index in [1.807, 2.05) is 25.1 Å². The van der Waals surface area contributed by atoms with Crippen LogP contribution >= 0.6 is 34.5 Å². The fraction of sp³-hybridized carbons (Fsp3) is 0.353. The minimum absolute atomic E-state index is 0.220. The molecule has 0 unspecified atom stereocenters. The molecular weight excluding hydrogens is 429 g/mol. The van der Waals surface area contributed by atoms with Gasteiger partial charge in [-0.05, 0) is 30.7 Å². The van der Waals surface area contributed by atoms with Crippen LogP contribution in [-0.4, -0.2) is 49.8 Å². The largest absolute Gasteiger partial charge is 0.331 e. The van der Waals surface area contributed by atoms with Crippen LogP contribution in [0.2, 0.25) is 9.36 Å². The van der Waals surface area contributed by atoms with Crippen molar-refractivity contribution in [3.05, 3.63) is 51.3 Å². The summed E-state index contributed by atoms with van der Waals surface area (Å²) in [6.45, 7) is 2.98. The van der Waals surface area contributed by atoms with Crippen LogP contribution in [0.25, 0.3) is 0 Å². The highest BCUT2D eigenvalue weighted by atomic mass is 35.5. The van der Waals surface area contributed by atoms with Crippen molar-refractivity contribution in [3.8, 4) is 0 Å². The molecule has 0 aliphatic carbocycles. The molecule has 1 fully saturated rings. The maximum Gasteiger partial charge on any atom is 0.317 e. The molecule has 0 saturated carbocycles. The topological polar surface area (TPSA) is 69.7 Å². The number of amides is 2. The number of halogens is 2. The number of urea groups is 1. The number of hydrogen-bond donors (Lipinski definition) is 1. The van der Waals surface area contributed by atoms with Crippen molar-refractivity contribution >= 4 is 50.6 Å². The molecular formula is C17H19Cl2N3O3S2. The van der Waals surface area contributed by atoms with Gasteiger partial charge in [0.1, 0.15) is 4.21 Å². The van der Waals surface area contributed by atoms with E-state index in [4.69, 9.17) is 23.2 Å². The molecule has 1 aromatic carbocycles. The molecule has 3 rings (SSSR count). The first-order valence-electron chi connectivity index (χ1n) is 8.34. The van der Waals surface area contributed by atoms with E-state index in [0.717, 1.165) is 16.9 Å². The van der Waals surface area contributed by atoms with Crippen molar-refractivity contribution in [1.29, 1.82) is 0 Å². The van der Waals surface area contributed by atoms with Crippen molar-refractivity contribution in [2.45, 2.75) is 17.2 Å². The number of carbonyl (C=O) groups is 1. The van der Waals surface area contributed by atoms with Crippen LogP contribution in [0.15, 0.2) is 40.6 Å². The number of rotatable bonds is 4. The van der Waals surface area contributed by atoms with E-state index in [-0.39, 0.29) is 29.4 Å². The average Bonchev–Trinajstić information content (AvgIpc) is 3.09. The van der Waals surface area contributed by atoms with Crippen molar-refractivity contribution < 1.29 is 13.2 Å². The zero-order chi connectivity index (χ0) is 19.6. The summed E-state index contributed by atoms with van der Waals surface area (Å²) < 4.78 is 27.3. The second kappa shape index (κ2) is 8.36. The lowest BCUT2D eigenvalue weighted by Gasteiger charge is -2.34. The van der Waals surface area contributed by atoms with E-state index < -0.39 is 10.0 Å². The SMILES string of the molecule is C[C@H](NC(=O)N1CCN(S(=O)(=O)c2ccc(Cl)s2)CC1)c1ccccc1Cl. The fourth-order valence-corrected chi connectivity index (χ4v) is 6.23. The second-order valence-electron chi connectivity index (χ2n) is 6.14. The fourth-order valence-electron chi connectivity index (χ4n) is 2.88. The van der Waals surface area contributed by atoms with Crippen LogP contribution in [0.4, 0.5) is 4.79 Å². The van der Waals surface area contributed by atoms with Crippen LogP contribution in [0, 0.1) is 0 Å². The number of hydrogen-bond acceptors (Lipinski definition) is 4. The Morgan fingerprint density at radius 1 is 1.11 bits per heavy atom. The Morgan fingerprint density at radius 2 is 1.78 bits per heavy atom. The monoisotopic (exact) mass is 447 g/mol. The van der Waals surface area contributed by atoms with Crippen LogP contribution < -0.4 is 5.32 Å². The number of sulfonamides is 1.